The molecule has 1 aliphatic carbocycles. The van der Waals surface area contributed by atoms with Crippen molar-refractivity contribution in [3.8, 4) is 0 Å². The van der Waals surface area contributed by atoms with Gasteiger partial charge in [0.05, 0.1) is 6.54 Å². The van der Waals surface area contributed by atoms with Gasteiger partial charge in [0.2, 0.25) is 5.91 Å². The SMILES string of the molecule is CC1CCCCC1NC(=O)NC(=O)CN1CCC(Nc2ccccc2)C1. The van der Waals surface area contributed by atoms with Gasteiger partial charge in [-0.05, 0) is 37.3 Å². The van der Waals surface area contributed by atoms with E-state index in [2.05, 4.69) is 27.8 Å². The van der Waals surface area contributed by atoms with Gasteiger partial charge in [0.1, 0.15) is 0 Å². The number of likely N-dealkylation sites (tertiary alicyclic amines) is 1. The lowest BCUT2D eigenvalue weighted by Gasteiger charge is -2.29. The van der Waals surface area contributed by atoms with Crippen molar-refractivity contribution in [1.82, 2.24) is 15.5 Å². The molecule has 1 aromatic carbocycles. The summed E-state index contributed by atoms with van der Waals surface area (Å²) in [6.07, 6.45) is 5.51. The molecule has 2 fully saturated rings. The first-order chi connectivity index (χ1) is 12.6. The van der Waals surface area contributed by atoms with E-state index in [1.165, 1.54) is 6.42 Å². The van der Waals surface area contributed by atoms with Crippen molar-refractivity contribution in [3.63, 3.8) is 0 Å². The van der Waals surface area contributed by atoms with E-state index in [9.17, 15) is 9.59 Å². The van der Waals surface area contributed by atoms with Gasteiger partial charge >= 0.3 is 6.03 Å². The summed E-state index contributed by atoms with van der Waals surface area (Å²) in [5.74, 6) is 0.249. The van der Waals surface area contributed by atoms with Gasteiger partial charge in [0, 0.05) is 30.9 Å². The molecule has 3 unspecified atom stereocenters. The molecular weight excluding hydrogens is 328 g/mol. The zero-order valence-corrected chi connectivity index (χ0v) is 15.5. The third kappa shape index (κ3) is 5.46. The molecule has 3 rings (SSSR count). The highest BCUT2D eigenvalue weighted by Gasteiger charge is 2.26. The second-order valence-electron chi connectivity index (χ2n) is 7.62. The predicted octanol–water partition coefficient (Wildman–Crippen LogP) is 2.58. The average Bonchev–Trinajstić information content (AvgIpc) is 3.04. The Morgan fingerprint density at radius 2 is 1.88 bits per heavy atom. The smallest absolute Gasteiger partial charge is 0.321 e. The zero-order valence-electron chi connectivity index (χ0n) is 15.5. The molecule has 3 atom stereocenters. The van der Waals surface area contributed by atoms with Gasteiger partial charge in [-0.3, -0.25) is 15.0 Å². The number of hydrogen-bond acceptors (Lipinski definition) is 4. The lowest BCUT2D eigenvalue weighted by atomic mass is 9.86. The molecule has 1 saturated heterocycles. The first-order valence-corrected chi connectivity index (χ1v) is 9.74. The summed E-state index contributed by atoms with van der Waals surface area (Å²) in [5, 5.41) is 8.94. The maximum absolute atomic E-state index is 12.2. The molecule has 1 saturated carbocycles. The minimum absolute atomic E-state index is 0.183. The third-order valence-electron chi connectivity index (χ3n) is 5.47. The third-order valence-corrected chi connectivity index (χ3v) is 5.47. The van der Waals surface area contributed by atoms with E-state index in [0.717, 1.165) is 44.5 Å². The predicted molar refractivity (Wildman–Crippen MR) is 103 cm³/mol. The fourth-order valence-electron chi connectivity index (χ4n) is 3.97. The van der Waals surface area contributed by atoms with Gasteiger partial charge in [0.25, 0.3) is 0 Å². The van der Waals surface area contributed by atoms with Gasteiger partial charge in [-0.2, -0.15) is 0 Å². The zero-order chi connectivity index (χ0) is 18.4. The maximum atomic E-state index is 12.2. The van der Waals surface area contributed by atoms with Crippen LogP contribution in [0.2, 0.25) is 0 Å². The van der Waals surface area contributed by atoms with Crippen molar-refractivity contribution >= 4 is 17.6 Å². The number of carbonyl (C=O) groups excluding carboxylic acids is 2. The topological polar surface area (TPSA) is 73.5 Å². The summed E-state index contributed by atoms with van der Waals surface area (Å²) < 4.78 is 0. The van der Waals surface area contributed by atoms with E-state index in [4.69, 9.17) is 0 Å². The molecule has 0 radical (unpaired) electrons. The highest BCUT2D eigenvalue weighted by atomic mass is 16.2. The molecule has 3 amide bonds. The van der Waals surface area contributed by atoms with E-state index in [-0.39, 0.29) is 24.5 Å². The monoisotopic (exact) mass is 358 g/mol. The fourth-order valence-corrected chi connectivity index (χ4v) is 3.97. The highest BCUT2D eigenvalue weighted by molar-refractivity contribution is 5.95. The van der Waals surface area contributed by atoms with Gasteiger partial charge in [-0.25, -0.2) is 4.79 Å². The van der Waals surface area contributed by atoms with Crippen LogP contribution in [0.4, 0.5) is 10.5 Å². The van der Waals surface area contributed by atoms with Gasteiger partial charge in [-0.1, -0.05) is 38.0 Å². The Kier molecular flexibility index (Phi) is 6.50. The number of amides is 3. The van der Waals surface area contributed by atoms with Crippen molar-refractivity contribution in [2.75, 3.05) is 25.0 Å². The molecule has 0 aromatic heterocycles. The molecule has 2 aliphatic rings. The number of imide groups is 1. The molecule has 3 N–H and O–H groups in total. The van der Waals surface area contributed by atoms with Crippen molar-refractivity contribution in [1.29, 1.82) is 0 Å². The van der Waals surface area contributed by atoms with Crippen LogP contribution in [-0.2, 0) is 4.79 Å². The summed E-state index contributed by atoms with van der Waals surface area (Å²) in [7, 11) is 0. The van der Waals surface area contributed by atoms with Crippen LogP contribution in [0.25, 0.3) is 0 Å². The second-order valence-corrected chi connectivity index (χ2v) is 7.62. The maximum Gasteiger partial charge on any atom is 0.321 e. The summed E-state index contributed by atoms with van der Waals surface area (Å²) in [6, 6.07) is 10.3. The van der Waals surface area contributed by atoms with Crippen LogP contribution in [-0.4, -0.2) is 48.6 Å². The van der Waals surface area contributed by atoms with Crippen LogP contribution in [0.15, 0.2) is 30.3 Å². The van der Waals surface area contributed by atoms with Crippen LogP contribution in [0.1, 0.15) is 39.0 Å². The average molecular weight is 358 g/mol. The Labute approximate surface area is 155 Å². The minimum Gasteiger partial charge on any atom is -0.381 e. The molecule has 0 bridgehead atoms. The van der Waals surface area contributed by atoms with Crippen LogP contribution >= 0.6 is 0 Å². The van der Waals surface area contributed by atoms with Crippen LogP contribution in [0.3, 0.4) is 0 Å². The molecule has 1 aromatic rings. The lowest BCUT2D eigenvalue weighted by molar-refractivity contribution is -0.120. The lowest BCUT2D eigenvalue weighted by Crippen LogP contribution is -2.49. The minimum atomic E-state index is -0.355. The quantitative estimate of drug-likeness (QED) is 0.756. The van der Waals surface area contributed by atoms with E-state index >= 15 is 0 Å². The number of urea groups is 1. The van der Waals surface area contributed by atoms with Crippen molar-refractivity contribution < 1.29 is 9.59 Å². The number of rotatable bonds is 5. The number of nitrogens with zero attached hydrogens (tertiary/aromatic N) is 1. The Hall–Kier alpha value is -2.08. The van der Waals surface area contributed by atoms with Crippen molar-refractivity contribution in [3.05, 3.63) is 30.3 Å². The molecule has 1 heterocycles. The van der Waals surface area contributed by atoms with E-state index < -0.39 is 0 Å². The summed E-state index contributed by atoms with van der Waals surface area (Å²) >= 11 is 0. The van der Waals surface area contributed by atoms with Crippen molar-refractivity contribution in [2.24, 2.45) is 5.92 Å². The number of hydrogen-bond donors (Lipinski definition) is 3. The molecule has 6 nitrogen and oxygen atoms in total. The van der Waals surface area contributed by atoms with Gasteiger partial charge in [-0.15, -0.1) is 0 Å². The molecule has 26 heavy (non-hydrogen) atoms. The van der Waals surface area contributed by atoms with E-state index in [0.29, 0.717) is 12.0 Å². The van der Waals surface area contributed by atoms with Crippen LogP contribution in [0.5, 0.6) is 0 Å². The number of nitrogens with one attached hydrogen (secondary N) is 3. The number of carbonyl (C=O) groups is 2. The van der Waals surface area contributed by atoms with E-state index in [1.807, 2.05) is 30.3 Å². The standard InChI is InChI=1S/C20H30N4O2/c1-15-7-5-6-10-18(15)22-20(26)23-19(25)14-24-12-11-17(13-24)21-16-8-3-2-4-9-16/h2-4,8-9,15,17-18,21H,5-7,10-14H2,1H3,(H2,22,23,25,26). The molecule has 0 spiro atoms. The summed E-state index contributed by atoms with van der Waals surface area (Å²) in [4.78, 5) is 26.3. The largest absolute Gasteiger partial charge is 0.381 e. The van der Waals surface area contributed by atoms with Gasteiger partial charge < -0.3 is 10.6 Å². The van der Waals surface area contributed by atoms with Gasteiger partial charge in [0.15, 0.2) is 0 Å². The Bertz CT molecular complexity index is 607. The summed E-state index contributed by atoms with van der Waals surface area (Å²) in [6.45, 7) is 4.10. The second kappa shape index (κ2) is 9.03. The normalized spacial score (nSPS) is 26.3. The first-order valence-electron chi connectivity index (χ1n) is 9.74. The molecule has 142 valence electrons. The Morgan fingerprint density at radius 1 is 1.12 bits per heavy atom. The molecule has 1 aliphatic heterocycles. The van der Waals surface area contributed by atoms with Crippen molar-refractivity contribution in [2.45, 2.75) is 51.1 Å². The van der Waals surface area contributed by atoms with Crippen LogP contribution < -0.4 is 16.0 Å². The Morgan fingerprint density at radius 3 is 2.65 bits per heavy atom. The molecular formula is C20H30N4O2. The fraction of sp³-hybridized carbons (Fsp3) is 0.600. The van der Waals surface area contributed by atoms with Crippen LogP contribution in [0, 0.1) is 5.92 Å². The molecule has 6 heteroatoms. The number of para-hydroxylation sites is 1. The number of benzene rings is 1. The van der Waals surface area contributed by atoms with E-state index in [1.54, 1.807) is 0 Å². The Balaban J connectivity index is 1.37. The number of anilines is 1. The highest BCUT2D eigenvalue weighted by Crippen LogP contribution is 2.23. The summed E-state index contributed by atoms with van der Waals surface area (Å²) in [5.41, 5.74) is 1.10. The first kappa shape index (κ1) is 18.7.